The summed E-state index contributed by atoms with van der Waals surface area (Å²) in [5.41, 5.74) is 0. The molecule has 0 aromatic rings. The zero-order chi connectivity index (χ0) is 11.2. The van der Waals surface area contributed by atoms with Gasteiger partial charge in [0, 0.05) is 17.3 Å². The van der Waals surface area contributed by atoms with Crippen LogP contribution in [-0.2, 0) is 9.84 Å². The number of aliphatic hydroxyl groups is 1. The topological polar surface area (TPSA) is 54.4 Å². The smallest absolute Gasteiger partial charge is 0.147 e. The highest BCUT2D eigenvalue weighted by atomic mass is 32.2. The summed E-state index contributed by atoms with van der Waals surface area (Å²) >= 11 is 1.69. The molecule has 2 atom stereocenters. The number of aliphatic hydroxyl groups excluding tert-OH is 1. The first-order valence-corrected chi connectivity index (χ1v) is 7.93. The molecule has 0 aromatic carbocycles. The van der Waals surface area contributed by atoms with Crippen molar-refractivity contribution >= 4 is 21.6 Å². The summed E-state index contributed by atoms with van der Waals surface area (Å²) in [6.07, 6.45) is 2.12. The van der Waals surface area contributed by atoms with Gasteiger partial charge in [-0.25, -0.2) is 8.42 Å². The Morgan fingerprint density at radius 1 is 1.43 bits per heavy atom. The third-order valence-electron chi connectivity index (χ3n) is 1.97. The van der Waals surface area contributed by atoms with Crippen molar-refractivity contribution in [3.8, 4) is 0 Å². The van der Waals surface area contributed by atoms with E-state index in [-0.39, 0.29) is 5.75 Å². The Bertz CT molecular complexity index is 236. The molecule has 0 rings (SSSR count). The summed E-state index contributed by atoms with van der Waals surface area (Å²) in [6.45, 7) is 4.20. The lowest BCUT2D eigenvalue weighted by atomic mass is 10.3. The van der Waals surface area contributed by atoms with Crippen molar-refractivity contribution in [1.82, 2.24) is 0 Å². The summed E-state index contributed by atoms with van der Waals surface area (Å²) < 4.78 is 21.6. The van der Waals surface area contributed by atoms with Gasteiger partial charge >= 0.3 is 0 Å². The van der Waals surface area contributed by atoms with Crippen molar-refractivity contribution in [2.75, 3.05) is 17.8 Å². The van der Waals surface area contributed by atoms with Gasteiger partial charge in [-0.15, -0.1) is 0 Å². The molecule has 0 spiro atoms. The van der Waals surface area contributed by atoms with Crippen molar-refractivity contribution in [2.24, 2.45) is 0 Å². The number of hydrogen-bond acceptors (Lipinski definition) is 4. The number of thioether (sulfide) groups is 1. The van der Waals surface area contributed by atoms with Gasteiger partial charge < -0.3 is 5.11 Å². The molecular formula is C9H20O3S2. The molecule has 0 aliphatic heterocycles. The van der Waals surface area contributed by atoms with Crippen molar-refractivity contribution in [3.63, 3.8) is 0 Å². The van der Waals surface area contributed by atoms with Gasteiger partial charge in [-0.1, -0.05) is 13.8 Å². The number of sulfone groups is 1. The first-order chi connectivity index (χ1) is 6.35. The van der Waals surface area contributed by atoms with Crippen LogP contribution in [0, 0.1) is 0 Å². The summed E-state index contributed by atoms with van der Waals surface area (Å²) in [5, 5.41) is 10.0. The predicted octanol–water partition coefficient (Wildman–Crippen LogP) is 1.31. The fourth-order valence-corrected chi connectivity index (χ4v) is 2.48. The molecule has 3 nitrogen and oxygen atoms in total. The van der Waals surface area contributed by atoms with E-state index in [0.29, 0.717) is 17.4 Å². The predicted molar refractivity (Wildman–Crippen MR) is 62.5 cm³/mol. The summed E-state index contributed by atoms with van der Waals surface area (Å²) in [6, 6.07) is 0. The van der Waals surface area contributed by atoms with Gasteiger partial charge in [0.25, 0.3) is 0 Å². The van der Waals surface area contributed by atoms with E-state index in [1.54, 1.807) is 11.8 Å². The highest BCUT2D eigenvalue weighted by Crippen LogP contribution is 2.15. The van der Waals surface area contributed by atoms with E-state index in [1.807, 2.05) is 0 Å². The van der Waals surface area contributed by atoms with Gasteiger partial charge in [-0.3, -0.25) is 0 Å². The minimum atomic E-state index is -2.93. The van der Waals surface area contributed by atoms with Gasteiger partial charge in [0.1, 0.15) is 9.84 Å². The van der Waals surface area contributed by atoms with Crippen molar-refractivity contribution in [2.45, 2.75) is 38.0 Å². The lowest BCUT2D eigenvalue weighted by molar-refractivity contribution is 0.196. The van der Waals surface area contributed by atoms with Crippen LogP contribution in [0.4, 0.5) is 0 Å². The average molecular weight is 240 g/mol. The van der Waals surface area contributed by atoms with Gasteiger partial charge in [0.15, 0.2) is 0 Å². The fraction of sp³-hybridized carbons (Fsp3) is 1.00. The first-order valence-electron chi connectivity index (χ1n) is 4.82. The van der Waals surface area contributed by atoms with Gasteiger partial charge in [-0.2, -0.15) is 11.8 Å². The van der Waals surface area contributed by atoms with Crippen molar-refractivity contribution < 1.29 is 13.5 Å². The molecule has 0 heterocycles. The molecule has 0 fully saturated rings. The Morgan fingerprint density at radius 3 is 2.43 bits per heavy atom. The van der Waals surface area contributed by atoms with Crippen LogP contribution in [0.15, 0.2) is 0 Å². The normalized spacial score (nSPS) is 16.6. The second-order valence-corrected chi connectivity index (χ2v) is 7.36. The minimum absolute atomic E-state index is 0.0786. The van der Waals surface area contributed by atoms with Crippen LogP contribution >= 0.6 is 11.8 Å². The zero-order valence-corrected chi connectivity index (χ0v) is 10.7. The van der Waals surface area contributed by atoms with E-state index in [9.17, 15) is 13.5 Å². The molecule has 0 bridgehead atoms. The Morgan fingerprint density at radius 2 is 2.00 bits per heavy atom. The quantitative estimate of drug-likeness (QED) is 0.729. The second kappa shape index (κ2) is 6.69. The molecule has 0 aliphatic rings. The minimum Gasteiger partial charge on any atom is -0.392 e. The third kappa shape index (κ3) is 8.84. The maximum absolute atomic E-state index is 10.8. The molecule has 14 heavy (non-hydrogen) atoms. The lowest BCUT2D eigenvalue weighted by Crippen LogP contribution is -2.17. The maximum Gasteiger partial charge on any atom is 0.147 e. The van der Waals surface area contributed by atoms with Gasteiger partial charge in [-0.05, 0) is 12.8 Å². The SMILES string of the molecule is CCC(C)SCC(O)CCS(C)(=O)=O. The van der Waals surface area contributed by atoms with Crippen LogP contribution in [0.5, 0.6) is 0 Å². The van der Waals surface area contributed by atoms with Crippen LogP contribution in [0.2, 0.25) is 0 Å². The van der Waals surface area contributed by atoms with E-state index in [2.05, 4.69) is 13.8 Å². The highest BCUT2D eigenvalue weighted by Gasteiger charge is 2.10. The molecular weight excluding hydrogens is 220 g/mol. The maximum atomic E-state index is 10.8. The standard InChI is InChI=1S/C9H20O3S2/c1-4-8(2)13-7-9(10)5-6-14(3,11)12/h8-10H,4-7H2,1-3H3. The Balaban J connectivity index is 3.61. The Labute approximate surface area is 91.2 Å². The lowest BCUT2D eigenvalue weighted by Gasteiger charge is -2.12. The number of rotatable bonds is 7. The summed E-state index contributed by atoms with van der Waals surface area (Å²) in [5.74, 6) is 0.708. The molecule has 0 amide bonds. The molecule has 0 saturated carbocycles. The molecule has 2 unspecified atom stereocenters. The van der Waals surface area contributed by atoms with E-state index in [0.717, 1.165) is 6.42 Å². The second-order valence-electron chi connectivity index (χ2n) is 3.62. The molecule has 0 aromatic heterocycles. The van der Waals surface area contributed by atoms with Crippen molar-refractivity contribution in [1.29, 1.82) is 0 Å². The average Bonchev–Trinajstić information content (AvgIpc) is 2.09. The van der Waals surface area contributed by atoms with Crippen LogP contribution in [0.1, 0.15) is 26.7 Å². The molecule has 0 saturated heterocycles. The molecule has 1 N–H and O–H groups in total. The molecule has 0 radical (unpaired) electrons. The van der Waals surface area contributed by atoms with Crippen molar-refractivity contribution in [3.05, 3.63) is 0 Å². The Hall–Kier alpha value is 0.260. The number of hydrogen-bond donors (Lipinski definition) is 1. The van der Waals surface area contributed by atoms with Crippen LogP contribution in [0.25, 0.3) is 0 Å². The fourth-order valence-electron chi connectivity index (χ4n) is 0.827. The largest absolute Gasteiger partial charge is 0.392 e. The van der Waals surface area contributed by atoms with Gasteiger partial charge in [0.2, 0.25) is 0 Å². The molecule has 5 heteroatoms. The molecule has 0 aliphatic carbocycles. The third-order valence-corrected chi connectivity index (χ3v) is 4.43. The van der Waals surface area contributed by atoms with E-state index in [4.69, 9.17) is 0 Å². The summed E-state index contributed by atoms with van der Waals surface area (Å²) in [7, 11) is -2.93. The van der Waals surface area contributed by atoms with Crippen LogP contribution < -0.4 is 0 Å². The van der Waals surface area contributed by atoms with E-state index >= 15 is 0 Å². The van der Waals surface area contributed by atoms with E-state index in [1.165, 1.54) is 6.26 Å². The Kier molecular flexibility index (Phi) is 6.81. The molecule has 86 valence electrons. The first kappa shape index (κ1) is 14.3. The highest BCUT2D eigenvalue weighted by molar-refractivity contribution is 7.99. The summed E-state index contributed by atoms with van der Waals surface area (Å²) in [4.78, 5) is 0. The van der Waals surface area contributed by atoms with E-state index < -0.39 is 15.9 Å². The van der Waals surface area contributed by atoms with Gasteiger partial charge in [0.05, 0.1) is 11.9 Å². The monoisotopic (exact) mass is 240 g/mol. The zero-order valence-electron chi connectivity index (χ0n) is 9.06. The van der Waals surface area contributed by atoms with Crippen LogP contribution in [-0.4, -0.2) is 42.6 Å². The van der Waals surface area contributed by atoms with Crippen LogP contribution in [0.3, 0.4) is 0 Å².